The summed E-state index contributed by atoms with van der Waals surface area (Å²) < 4.78 is 2.09. The molecule has 2 unspecified atom stereocenters. The minimum absolute atomic E-state index is 0.632. The molecule has 0 radical (unpaired) electrons. The van der Waals surface area contributed by atoms with Gasteiger partial charge in [-0.1, -0.05) is 6.07 Å². The molecule has 1 aliphatic heterocycles. The number of nitrogens with zero attached hydrogens (tertiary/aromatic N) is 3. The molecule has 4 nitrogen and oxygen atoms in total. The second-order valence-electron chi connectivity index (χ2n) is 5.66. The molecule has 1 fully saturated rings. The number of hydrogen-bond donors (Lipinski definition) is 1. The van der Waals surface area contributed by atoms with Crippen LogP contribution < -0.4 is 5.73 Å². The quantitative estimate of drug-likeness (QED) is 0.914. The maximum absolute atomic E-state index is 5.82. The molecule has 1 aliphatic rings. The van der Waals surface area contributed by atoms with E-state index in [0.29, 0.717) is 12.0 Å². The molecule has 102 valence electrons. The third kappa shape index (κ3) is 2.65. The molecule has 0 amide bonds. The molecule has 3 heterocycles. The van der Waals surface area contributed by atoms with Crippen LogP contribution in [0.5, 0.6) is 0 Å². The average Bonchev–Trinajstić information content (AvgIpc) is 2.83. The average molecular weight is 258 g/mol. The Hall–Kier alpha value is -1.39. The van der Waals surface area contributed by atoms with Gasteiger partial charge < -0.3 is 10.1 Å². The van der Waals surface area contributed by atoms with Crippen LogP contribution in [0.15, 0.2) is 30.6 Å². The van der Waals surface area contributed by atoms with E-state index in [1.54, 1.807) is 0 Å². The molecule has 19 heavy (non-hydrogen) atoms. The van der Waals surface area contributed by atoms with E-state index in [9.17, 15) is 0 Å². The zero-order valence-electron chi connectivity index (χ0n) is 11.5. The number of aromatic nitrogens is 2. The highest BCUT2D eigenvalue weighted by Crippen LogP contribution is 2.22. The summed E-state index contributed by atoms with van der Waals surface area (Å²) in [4.78, 5) is 7.20. The minimum Gasteiger partial charge on any atom is -0.330 e. The standard InChI is InChI=1S/C15H22N4/c1-12-5-6-13(8-16)9-19(12)11-14-10-18-7-3-2-4-15(18)17-14/h2-4,7,10,12-13H,5-6,8-9,11,16H2,1H3. The summed E-state index contributed by atoms with van der Waals surface area (Å²) >= 11 is 0. The summed E-state index contributed by atoms with van der Waals surface area (Å²) in [6.07, 6.45) is 6.69. The van der Waals surface area contributed by atoms with Crippen molar-refractivity contribution in [1.29, 1.82) is 0 Å². The maximum atomic E-state index is 5.82. The highest BCUT2D eigenvalue weighted by molar-refractivity contribution is 5.39. The SMILES string of the molecule is CC1CCC(CN)CN1Cc1cn2ccccc2n1. The van der Waals surface area contributed by atoms with Crippen molar-refractivity contribution >= 4 is 5.65 Å². The van der Waals surface area contributed by atoms with Gasteiger partial charge in [-0.2, -0.15) is 0 Å². The van der Waals surface area contributed by atoms with Crippen molar-refractivity contribution in [2.75, 3.05) is 13.1 Å². The van der Waals surface area contributed by atoms with Crippen LogP contribution >= 0.6 is 0 Å². The van der Waals surface area contributed by atoms with Crippen LogP contribution in [0.4, 0.5) is 0 Å². The molecule has 2 aromatic heterocycles. The molecular formula is C15H22N4. The highest BCUT2D eigenvalue weighted by Gasteiger charge is 2.25. The van der Waals surface area contributed by atoms with Gasteiger partial charge in [0.15, 0.2) is 0 Å². The molecule has 3 rings (SSSR count). The van der Waals surface area contributed by atoms with Crippen LogP contribution in [0.1, 0.15) is 25.5 Å². The number of likely N-dealkylation sites (tertiary alicyclic amines) is 1. The Morgan fingerprint density at radius 3 is 3.05 bits per heavy atom. The van der Waals surface area contributed by atoms with E-state index in [4.69, 9.17) is 5.73 Å². The van der Waals surface area contributed by atoms with E-state index >= 15 is 0 Å². The van der Waals surface area contributed by atoms with Gasteiger partial charge >= 0.3 is 0 Å². The van der Waals surface area contributed by atoms with Gasteiger partial charge in [0.05, 0.1) is 5.69 Å². The lowest BCUT2D eigenvalue weighted by molar-refractivity contribution is 0.112. The number of pyridine rings is 1. The maximum Gasteiger partial charge on any atom is 0.137 e. The first kappa shape index (κ1) is 12.6. The first-order valence-electron chi connectivity index (χ1n) is 7.13. The summed E-state index contributed by atoms with van der Waals surface area (Å²) in [5, 5.41) is 0. The lowest BCUT2D eigenvalue weighted by atomic mass is 9.93. The molecule has 0 aromatic carbocycles. The number of fused-ring (bicyclic) bond motifs is 1. The molecule has 0 spiro atoms. The van der Waals surface area contributed by atoms with Crippen LogP contribution in [0, 0.1) is 5.92 Å². The first-order chi connectivity index (χ1) is 9.26. The van der Waals surface area contributed by atoms with Gasteiger partial charge in [0, 0.05) is 31.5 Å². The zero-order valence-corrected chi connectivity index (χ0v) is 11.5. The Balaban J connectivity index is 1.75. The Morgan fingerprint density at radius 2 is 2.26 bits per heavy atom. The van der Waals surface area contributed by atoms with Crippen molar-refractivity contribution in [1.82, 2.24) is 14.3 Å². The molecule has 0 saturated carbocycles. The fraction of sp³-hybridized carbons (Fsp3) is 0.533. The van der Waals surface area contributed by atoms with Gasteiger partial charge in [-0.05, 0) is 44.4 Å². The summed E-state index contributed by atoms with van der Waals surface area (Å²) in [7, 11) is 0. The molecule has 2 aromatic rings. The van der Waals surface area contributed by atoms with Crippen molar-refractivity contribution in [2.45, 2.75) is 32.4 Å². The van der Waals surface area contributed by atoms with Crippen LogP contribution in [0.2, 0.25) is 0 Å². The van der Waals surface area contributed by atoms with E-state index in [2.05, 4.69) is 27.4 Å². The Morgan fingerprint density at radius 1 is 1.37 bits per heavy atom. The zero-order chi connectivity index (χ0) is 13.2. The highest BCUT2D eigenvalue weighted by atomic mass is 15.2. The van der Waals surface area contributed by atoms with E-state index in [1.807, 2.05) is 24.4 Å². The van der Waals surface area contributed by atoms with Gasteiger partial charge in [-0.25, -0.2) is 4.98 Å². The summed E-state index contributed by atoms with van der Waals surface area (Å²) in [6.45, 7) is 5.14. The summed E-state index contributed by atoms with van der Waals surface area (Å²) in [5.41, 5.74) is 7.99. The Bertz CT molecular complexity index is 515. The minimum atomic E-state index is 0.632. The normalized spacial score (nSPS) is 24.9. The second-order valence-corrected chi connectivity index (χ2v) is 5.66. The largest absolute Gasteiger partial charge is 0.330 e. The molecule has 0 aliphatic carbocycles. The summed E-state index contributed by atoms with van der Waals surface area (Å²) in [5.74, 6) is 0.647. The topological polar surface area (TPSA) is 46.6 Å². The number of piperidine rings is 1. The predicted octanol–water partition coefficient (Wildman–Crippen LogP) is 1.89. The lowest BCUT2D eigenvalue weighted by Crippen LogP contribution is -2.43. The fourth-order valence-electron chi connectivity index (χ4n) is 2.95. The molecular weight excluding hydrogens is 236 g/mol. The van der Waals surface area contributed by atoms with Gasteiger partial charge in [0.1, 0.15) is 5.65 Å². The fourth-order valence-corrected chi connectivity index (χ4v) is 2.95. The molecule has 2 N–H and O–H groups in total. The van der Waals surface area contributed by atoms with E-state index in [1.165, 1.54) is 12.8 Å². The monoisotopic (exact) mass is 258 g/mol. The van der Waals surface area contributed by atoms with Gasteiger partial charge in [-0.3, -0.25) is 4.90 Å². The number of imidazole rings is 1. The van der Waals surface area contributed by atoms with Crippen molar-refractivity contribution in [3.05, 3.63) is 36.3 Å². The van der Waals surface area contributed by atoms with Crippen molar-refractivity contribution in [2.24, 2.45) is 11.7 Å². The van der Waals surface area contributed by atoms with Gasteiger partial charge in [0.2, 0.25) is 0 Å². The number of hydrogen-bond acceptors (Lipinski definition) is 3. The van der Waals surface area contributed by atoms with Crippen molar-refractivity contribution < 1.29 is 0 Å². The molecule has 0 bridgehead atoms. The Kier molecular flexibility index (Phi) is 3.53. The third-order valence-corrected chi connectivity index (χ3v) is 4.22. The second kappa shape index (κ2) is 5.31. The van der Waals surface area contributed by atoms with Crippen LogP contribution in [-0.2, 0) is 6.54 Å². The molecule has 4 heteroatoms. The lowest BCUT2D eigenvalue weighted by Gasteiger charge is -2.37. The smallest absolute Gasteiger partial charge is 0.137 e. The van der Waals surface area contributed by atoms with Crippen LogP contribution in [0.25, 0.3) is 5.65 Å². The van der Waals surface area contributed by atoms with Crippen molar-refractivity contribution in [3.8, 4) is 0 Å². The van der Waals surface area contributed by atoms with Crippen molar-refractivity contribution in [3.63, 3.8) is 0 Å². The number of rotatable bonds is 3. The van der Waals surface area contributed by atoms with E-state index in [-0.39, 0.29) is 0 Å². The third-order valence-electron chi connectivity index (χ3n) is 4.22. The van der Waals surface area contributed by atoms with E-state index < -0.39 is 0 Å². The molecule has 1 saturated heterocycles. The molecule has 2 atom stereocenters. The van der Waals surface area contributed by atoms with Gasteiger partial charge in [0.25, 0.3) is 0 Å². The Labute approximate surface area is 114 Å². The van der Waals surface area contributed by atoms with Gasteiger partial charge in [-0.15, -0.1) is 0 Å². The van der Waals surface area contributed by atoms with Crippen LogP contribution in [0.3, 0.4) is 0 Å². The number of nitrogens with two attached hydrogens (primary N) is 1. The predicted molar refractivity (Wildman–Crippen MR) is 76.8 cm³/mol. The first-order valence-corrected chi connectivity index (χ1v) is 7.13. The summed E-state index contributed by atoms with van der Waals surface area (Å²) in [6, 6.07) is 6.74. The van der Waals surface area contributed by atoms with Crippen LogP contribution in [-0.4, -0.2) is 33.4 Å². The van der Waals surface area contributed by atoms with E-state index in [0.717, 1.165) is 31.0 Å².